The van der Waals surface area contributed by atoms with Crippen molar-refractivity contribution >= 4 is 5.95 Å². The lowest BCUT2D eigenvalue weighted by Crippen LogP contribution is -2.45. The highest BCUT2D eigenvalue weighted by atomic mass is 19.4. The quantitative estimate of drug-likeness (QED) is 0.885. The molecule has 0 atom stereocenters. The second-order valence-electron chi connectivity index (χ2n) is 4.27. The Morgan fingerprint density at radius 1 is 1.35 bits per heavy atom. The summed E-state index contributed by atoms with van der Waals surface area (Å²) >= 11 is 0. The van der Waals surface area contributed by atoms with E-state index >= 15 is 0 Å². The number of rotatable bonds is 3. The molecule has 1 heterocycles. The van der Waals surface area contributed by atoms with Gasteiger partial charge in [-0.1, -0.05) is 0 Å². The van der Waals surface area contributed by atoms with Gasteiger partial charge in [0.05, 0.1) is 12.1 Å². The fraction of sp³-hybridized carbons (Fsp3) is 0.600. The van der Waals surface area contributed by atoms with Crippen molar-refractivity contribution in [2.24, 2.45) is 0 Å². The van der Waals surface area contributed by atoms with Gasteiger partial charge in [-0.15, -0.1) is 0 Å². The van der Waals surface area contributed by atoms with Crippen LogP contribution in [0.15, 0.2) is 12.3 Å². The van der Waals surface area contributed by atoms with Crippen molar-refractivity contribution in [1.29, 1.82) is 0 Å². The minimum absolute atomic E-state index is 0.0705. The number of nitrogens with zero attached hydrogens (tertiary/aromatic N) is 3. The van der Waals surface area contributed by atoms with Crippen LogP contribution in [0.5, 0.6) is 0 Å². The number of anilines is 1. The lowest BCUT2D eigenvalue weighted by molar-refractivity contribution is -0.141. The molecule has 0 radical (unpaired) electrons. The summed E-state index contributed by atoms with van der Waals surface area (Å²) in [6.45, 7) is 3.14. The van der Waals surface area contributed by atoms with Gasteiger partial charge in [-0.2, -0.15) is 13.2 Å². The van der Waals surface area contributed by atoms with E-state index in [1.807, 2.05) is 0 Å². The molecule has 0 aromatic carbocycles. The Labute approximate surface area is 97.1 Å². The Balaban J connectivity index is 3.08. The smallest absolute Gasteiger partial charge is 0.394 e. The van der Waals surface area contributed by atoms with Crippen LogP contribution in [0.4, 0.5) is 19.1 Å². The summed E-state index contributed by atoms with van der Waals surface area (Å²) in [6, 6.07) is 0.809. The molecule has 1 rings (SSSR count). The van der Waals surface area contributed by atoms with Crippen molar-refractivity contribution in [2.45, 2.75) is 25.6 Å². The van der Waals surface area contributed by atoms with E-state index < -0.39 is 17.4 Å². The predicted molar refractivity (Wildman–Crippen MR) is 56.6 cm³/mol. The first kappa shape index (κ1) is 13.7. The molecule has 0 aliphatic rings. The van der Waals surface area contributed by atoms with E-state index in [1.54, 1.807) is 13.8 Å². The van der Waals surface area contributed by atoms with Crippen molar-refractivity contribution in [1.82, 2.24) is 9.97 Å². The Hall–Kier alpha value is -1.37. The molecular weight excluding hydrogens is 235 g/mol. The first-order valence-electron chi connectivity index (χ1n) is 4.93. The highest BCUT2D eigenvalue weighted by Crippen LogP contribution is 2.28. The molecule has 96 valence electrons. The SMILES string of the molecule is CN(c1nccc(C(F)(F)F)n1)C(C)(C)CO. The van der Waals surface area contributed by atoms with Gasteiger partial charge in [0.25, 0.3) is 0 Å². The molecule has 1 N–H and O–H groups in total. The fourth-order valence-electron chi connectivity index (χ4n) is 1.04. The minimum Gasteiger partial charge on any atom is -0.394 e. The van der Waals surface area contributed by atoms with Gasteiger partial charge in [-0.3, -0.25) is 0 Å². The van der Waals surface area contributed by atoms with Crippen LogP contribution in [-0.2, 0) is 6.18 Å². The van der Waals surface area contributed by atoms with Crippen LogP contribution in [0.3, 0.4) is 0 Å². The maximum absolute atomic E-state index is 12.5. The fourth-order valence-corrected chi connectivity index (χ4v) is 1.04. The van der Waals surface area contributed by atoms with Crippen molar-refractivity contribution in [3.8, 4) is 0 Å². The topological polar surface area (TPSA) is 49.2 Å². The Kier molecular flexibility index (Phi) is 3.61. The predicted octanol–water partition coefficient (Wildman–Crippen LogP) is 1.70. The number of aromatic nitrogens is 2. The molecule has 1 aromatic heterocycles. The van der Waals surface area contributed by atoms with Gasteiger partial charge in [0.15, 0.2) is 0 Å². The number of halogens is 3. The van der Waals surface area contributed by atoms with Gasteiger partial charge in [0.2, 0.25) is 5.95 Å². The average Bonchev–Trinajstić information content (AvgIpc) is 2.27. The van der Waals surface area contributed by atoms with Crippen molar-refractivity contribution in [2.75, 3.05) is 18.6 Å². The minimum atomic E-state index is -4.50. The van der Waals surface area contributed by atoms with Crippen molar-refractivity contribution in [3.63, 3.8) is 0 Å². The molecule has 17 heavy (non-hydrogen) atoms. The number of alkyl halides is 3. The Bertz CT molecular complexity index is 393. The molecular formula is C10H14F3N3O. The molecule has 1 aromatic rings. The number of aliphatic hydroxyl groups excluding tert-OH is 1. The van der Waals surface area contributed by atoms with Gasteiger partial charge < -0.3 is 10.0 Å². The van der Waals surface area contributed by atoms with Gasteiger partial charge in [0, 0.05) is 13.2 Å². The summed E-state index contributed by atoms with van der Waals surface area (Å²) in [5.41, 5.74) is -1.73. The molecule has 0 amide bonds. The first-order valence-corrected chi connectivity index (χ1v) is 4.93. The van der Waals surface area contributed by atoms with Crippen LogP contribution >= 0.6 is 0 Å². The van der Waals surface area contributed by atoms with Crippen LogP contribution in [0.2, 0.25) is 0 Å². The standard InChI is InChI=1S/C10H14F3N3O/c1-9(2,6-17)16(3)8-14-5-4-7(15-8)10(11,12)13/h4-5,17H,6H2,1-3H3. The summed E-state index contributed by atoms with van der Waals surface area (Å²) in [6.07, 6.45) is -3.45. The van der Waals surface area contributed by atoms with E-state index in [0.29, 0.717) is 0 Å². The lowest BCUT2D eigenvalue weighted by atomic mass is 10.1. The molecule has 0 aliphatic heterocycles. The van der Waals surface area contributed by atoms with E-state index in [2.05, 4.69) is 9.97 Å². The van der Waals surface area contributed by atoms with Crippen molar-refractivity contribution < 1.29 is 18.3 Å². The summed E-state index contributed by atoms with van der Waals surface area (Å²) in [5, 5.41) is 9.14. The normalized spacial score (nSPS) is 12.6. The van der Waals surface area contributed by atoms with E-state index in [-0.39, 0.29) is 12.6 Å². The molecule has 0 fully saturated rings. The molecule has 0 unspecified atom stereocenters. The zero-order valence-electron chi connectivity index (χ0n) is 9.78. The summed E-state index contributed by atoms with van der Waals surface area (Å²) in [5.74, 6) is -0.0705. The third-order valence-electron chi connectivity index (χ3n) is 2.53. The third kappa shape index (κ3) is 3.06. The second-order valence-corrected chi connectivity index (χ2v) is 4.27. The van der Waals surface area contributed by atoms with Crippen LogP contribution in [0.25, 0.3) is 0 Å². The Morgan fingerprint density at radius 2 is 1.94 bits per heavy atom. The largest absolute Gasteiger partial charge is 0.433 e. The number of likely N-dealkylation sites (N-methyl/N-ethyl adjacent to an activating group) is 1. The second kappa shape index (κ2) is 4.48. The summed E-state index contributed by atoms with van der Waals surface area (Å²) in [7, 11) is 1.53. The Morgan fingerprint density at radius 3 is 2.41 bits per heavy atom. The maximum atomic E-state index is 12.5. The van der Waals surface area contributed by atoms with E-state index in [0.717, 1.165) is 12.3 Å². The van der Waals surface area contributed by atoms with Crippen LogP contribution in [0.1, 0.15) is 19.5 Å². The van der Waals surface area contributed by atoms with E-state index in [4.69, 9.17) is 5.11 Å². The molecule has 0 spiro atoms. The maximum Gasteiger partial charge on any atom is 0.433 e. The molecule has 0 saturated heterocycles. The molecule has 4 nitrogen and oxygen atoms in total. The summed E-state index contributed by atoms with van der Waals surface area (Å²) < 4.78 is 37.4. The lowest BCUT2D eigenvalue weighted by Gasteiger charge is -2.33. The van der Waals surface area contributed by atoms with Gasteiger partial charge >= 0.3 is 6.18 Å². The molecule has 0 saturated carbocycles. The molecule has 7 heteroatoms. The van der Waals surface area contributed by atoms with E-state index in [1.165, 1.54) is 11.9 Å². The molecule has 0 aliphatic carbocycles. The average molecular weight is 249 g/mol. The molecule has 0 bridgehead atoms. The van der Waals surface area contributed by atoms with Crippen LogP contribution < -0.4 is 4.90 Å². The first-order chi connectivity index (χ1) is 7.68. The zero-order valence-corrected chi connectivity index (χ0v) is 9.78. The van der Waals surface area contributed by atoms with Gasteiger partial charge in [0.1, 0.15) is 5.69 Å². The van der Waals surface area contributed by atoms with Gasteiger partial charge in [-0.05, 0) is 19.9 Å². The number of hydrogen-bond acceptors (Lipinski definition) is 4. The highest BCUT2D eigenvalue weighted by Gasteiger charge is 2.34. The zero-order chi connectivity index (χ0) is 13.3. The van der Waals surface area contributed by atoms with Gasteiger partial charge in [-0.25, -0.2) is 9.97 Å². The van der Waals surface area contributed by atoms with Crippen LogP contribution in [-0.4, -0.2) is 34.3 Å². The summed E-state index contributed by atoms with van der Waals surface area (Å²) in [4.78, 5) is 8.61. The van der Waals surface area contributed by atoms with E-state index in [9.17, 15) is 13.2 Å². The third-order valence-corrected chi connectivity index (χ3v) is 2.53. The monoisotopic (exact) mass is 249 g/mol. The van der Waals surface area contributed by atoms with Crippen LogP contribution in [0, 0.1) is 0 Å². The number of aliphatic hydroxyl groups is 1. The highest BCUT2D eigenvalue weighted by molar-refractivity contribution is 5.33. The van der Waals surface area contributed by atoms with Crippen molar-refractivity contribution in [3.05, 3.63) is 18.0 Å². The number of hydrogen-bond donors (Lipinski definition) is 1.